The summed E-state index contributed by atoms with van der Waals surface area (Å²) in [7, 11) is 0. The highest BCUT2D eigenvalue weighted by molar-refractivity contribution is 6.31. The number of carbonyl (C=O) groups excluding carboxylic acids is 1. The summed E-state index contributed by atoms with van der Waals surface area (Å²) in [6.45, 7) is -0.224. The van der Waals surface area contributed by atoms with Gasteiger partial charge < -0.3 is 20.4 Å². The minimum atomic E-state index is -0.572. The molecule has 2 amide bonds. The molecule has 0 unspecified atom stereocenters. The van der Waals surface area contributed by atoms with Crippen LogP contribution in [0, 0.1) is 5.82 Å². The average Bonchev–Trinajstić information content (AvgIpc) is 2.33. The Kier molecular flexibility index (Phi) is 5.84. The fourth-order valence-electron chi connectivity index (χ4n) is 1.33. The number of aliphatic hydroxyl groups excluding tert-OH is 2. The van der Waals surface area contributed by atoms with Crippen LogP contribution in [0.2, 0.25) is 5.02 Å². The smallest absolute Gasteiger partial charge is 0.322 e. The van der Waals surface area contributed by atoms with E-state index in [1.54, 1.807) is 0 Å². The first-order valence-corrected chi connectivity index (χ1v) is 5.69. The molecule has 0 aliphatic rings. The Balaban J connectivity index is 2.69. The third kappa shape index (κ3) is 4.14. The van der Waals surface area contributed by atoms with Crippen molar-refractivity contribution in [1.82, 2.24) is 4.90 Å². The molecule has 0 heterocycles. The average molecular weight is 277 g/mol. The molecule has 18 heavy (non-hydrogen) atoms. The summed E-state index contributed by atoms with van der Waals surface area (Å²) in [5.41, 5.74) is 0.340. The van der Waals surface area contributed by atoms with Gasteiger partial charge in [0.15, 0.2) is 0 Å². The normalized spacial score (nSPS) is 10.2. The van der Waals surface area contributed by atoms with Gasteiger partial charge in [0.25, 0.3) is 0 Å². The van der Waals surface area contributed by atoms with Gasteiger partial charge in [-0.05, 0) is 18.2 Å². The maximum atomic E-state index is 12.9. The summed E-state index contributed by atoms with van der Waals surface area (Å²) in [6, 6.07) is 3.29. The molecule has 0 fully saturated rings. The second kappa shape index (κ2) is 7.15. The summed E-state index contributed by atoms with van der Waals surface area (Å²) in [4.78, 5) is 13.0. The number of nitrogens with zero attached hydrogens (tertiary/aromatic N) is 1. The van der Waals surface area contributed by atoms with Crippen LogP contribution >= 0.6 is 11.6 Å². The van der Waals surface area contributed by atoms with E-state index < -0.39 is 11.8 Å². The van der Waals surface area contributed by atoms with Gasteiger partial charge in [-0.3, -0.25) is 0 Å². The lowest BCUT2D eigenvalue weighted by atomic mass is 10.3. The van der Waals surface area contributed by atoms with E-state index in [-0.39, 0.29) is 31.3 Å². The largest absolute Gasteiger partial charge is 0.395 e. The van der Waals surface area contributed by atoms with Crippen molar-refractivity contribution in [3.63, 3.8) is 0 Å². The highest BCUT2D eigenvalue weighted by atomic mass is 35.5. The van der Waals surface area contributed by atoms with Crippen molar-refractivity contribution >= 4 is 23.3 Å². The number of hydrogen-bond donors (Lipinski definition) is 3. The van der Waals surface area contributed by atoms with E-state index in [0.717, 1.165) is 6.07 Å². The molecule has 1 aromatic carbocycles. The minimum absolute atomic E-state index is 0.0938. The minimum Gasteiger partial charge on any atom is -0.395 e. The van der Waals surface area contributed by atoms with Crippen LogP contribution in [0.4, 0.5) is 14.9 Å². The van der Waals surface area contributed by atoms with Crippen molar-refractivity contribution in [1.29, 1.82) is 0 Å². The second-order valence-electron chi connectivity index (χ2n) is 3.49. The molecular formula is C11H14ClFN2O3. The predicted octanol–water partition coefficient (Wildman–Crippen LogP) is 1.30. The summed E-state index contributed by atoms with van der Waals surface area (Å²) < 4.78 is 12.9. The van der Waals surface area contributed by atoms with Gasteiger partial charge in [-0.25, -0.2) is 9.18 Å². The van der Waals surface area contributed by atoms with E-state index in [4.69, 9.17) is 21.8 Å². The van der Waals surface area contributed by atoms with Gasteiger partial charge in [0.05, 0.1) is 18.2 Å². The number of benzene rings is 1. The third-order valence-electron chi connectivity index (χ3n) is 2.20. The quantitative estimate of drug-likeness (QED) is 0.759. The van der Waals surface area contributed by atoms with E-state index in [1.165, 1.54) is 17.0 Å². The van der Waals surface area contributed by atoms with Gasteiger partial charge in [-0.1, -0.05) is 11.6 Å². The highest BCUT2D eigenvalue weighted by Crippen LogP contribution is 2.19. The maximum Gasteiger partial charge on any atom is 0.322 e. The van der Waals surface area contributed by atoms with Crippen LogP contribution in [0.15, 0.2) is 18.2 Å². The van der Waals surface area contributed by atoms with E-state index in [9.17, 15) is 9.18 Å². The number of hydrogen-bond acceptors (Lipinski definition) is 3. The summed E-state index contributed by atoms with van der Waals surface area (Å²) in [5, 5.41) is 20.0. The molecule has 3 N–H and O–H groups in total. The van der Waals surface area contributed by atoms with Gasteiger partial charge in [-0.15, -0.1) is 0 Å². The zero-order valence-corrected chi connectivity index (χ0v) is 10.3. The molecule has 0 saturated carbocycles. The number of carbonyl (C=O) groups is 1. The van der Waals surface area contributed by atoms with Crippen LogP contribution in [-0.2, 0) is 0 Å². The number of halogens is 2. The summed E-state index contributed by atoms with van der Waals surface area (Å²) in [5.74, 6) is -0.572. The van der Waals surface area contributed by atoms with Crippen molar-refractivity contribution in [3.05, 3.63) is 29.0 Å². The Bertz CT molecular complexity index is 411. The number of anilines is 1. The van der Waals surface area contributed by atoms with Gasteiger partial charge in [0, 0.05) is 18.8 Å². The molecule has 0 aliphatic heterocycles. The topological polar surface area (TPSA) is 72.8 Å². The Morgan fingerprint density at radius 1 is 1.33 bits per heavy atom. The standard InChI is InChI=1S/C11H14ClFN2O3/c12-9-7-8(1-2-10(9)13)14-11(18)15(3-5-16)4-6-17/h1-2,7,16-17H,3-6H2,(H,14,18). The zero-order valence-electron chi connectivity index (χ0n) is 9.57. The molecule has 0 atom stereocenters. The van der Waals surface area contributed by atoms with Crippen LogP contribution in [0.3, 0.4) is 0 Å². The van der Waals surface area contributed by atoms with Crippen molar-refractivity contribution < 1.29 is 19.4 Å². The number of amides is 2. The van der Waals surface area contributed by atoms with E-state index in [1.807, 2.05) is 0 Å². The van der Waals surface area contributed by atoms with Crippen molar-refractivity contribution in [2.24, 2.45) is 0 Å². The SMILES string of the molecule is O=C(Nc1ccc(F)c(Cl)c1)N(CCO)CCO. The molecule has 0 spiro atoms. The predicted molar refractivity (Wildman–Crippen MR) is 66.2 cm³/mol. The Hall–Kier alpha value is -1.37. The molecule has 1 aromatic rings. The van der Waals surface area contributed by atoms with Gasteiger partial charge in [-0.2, -0.15) is 0 Å². The third-order valence-corrected chi connectivity index (χ3v) is 2.49. The molecule has 0 bridgehead atoms. The number of nitrogens with one attached hydrogen (secondary N) is 1. The van der Waals surface area contributed by atoms with E-state index >= 15 is 0 Å². The fraction of sp³-hybridized carbons (Fsp3) is 0.364. The number of rotatable bonds is 5. The number of urea groups is 1. The summed E-state index contributed by atoms with van der Waals surface area (Å²) >= 11 is 5.58. The first-order valence-electron chi connectivity index (χ1n) is 5.31. The van der Waals surface area contributed by atoms with Crippen LogP contribution in [0.5, 0.6) is 0 Å². The molecule has 7 heteroatoms. The molecule has 0 aromatic heterocycles. The Labute approximate surface area is 109 Å². The van der Waals surface area contributed by atoms with Gasteiger partial charge >= 0.3 is 6.03 Å². The van der Waals surface area contributed by atoms with Crippen LogP contribution in [-0.4, -0.2) is 47.4 Å². The van der Waals surface area contributed by atoms with Crippen molar-refractivity contribution in [3.8, 4) is 0 Å². The molecule has 0 radical (unpaired) electrons. The molecule has 0 aliphatic carbocycles. The van der Waals surface area contributed by atoms with Crippen LogP contribution < -0.4 is 5.32 Å². The lowest BCUT2D eigenvalue weighted by molar-refractivity contribution is 0.167. The monoisotopic (exact) mass is 276 g/mol. The lowest BCUT2D eigenvalue weighted by Crippen LogP contribution is -2.38. The molecule has 5 nitrogen and oxygen atoms in total. The Morgan fingerprint density at radius 2 is 1.94 bits per heavy atom. The lowest BCUT2D eigenvalue weighted by Gasteiger charge is -2.21. The van der Waals surface area contributed by atoms with Crippen LogP contribution in [0.25, 0.3) is 0 Å². The van der Waals surface area contributed by atoms with Gasteiger partial charge in [0.1, 0.15) is 5.82 Å². The van der Waals surface area contributed by atoms with E-state index in [0.29, 0.717) is 5.69 Å². The fourth-order valence-corrected chi connectivity index (χ4v) is 1.51. The first kappa shape index (κ1) is 14.7. The molecule has 100 valence electrons. The van der Waals surface area contributed by atoms with Crippen molar-refractivity contribution in [2.45, 2.75) is 0 Å². The molecule has 0 saturated heterocycles. The van der Waals surface area contributed by atoms with Crippen LogP contribution in [0.1, 0.15) is 0 Å². The second-order valence-corrected chi connectivity index (χ2v) is 3.90. The molecular weight excluding hydrogens is 263 g/mol. The molecule has 1 rings (SSSR count). The number of aliphatic hydroxyl groups is 2. The highest BCUT2D eigenvalue weighted by Gasteiger charge is 2.12. The summed E-state index contributed by atoms with van der Waals surface area (Å²) in [6.07, 6.45) is 0. The van der Waals surface area contributed by atoms with Crippen molar-refractivity contribution in [2.75, 3.05) is 31.6 Å². The van der Waals surface area contributed by atoms with E-state index in [2.05, 4.69) is 5.32 Å². The Morgan fingerprint density at radius 3 is 2.44 bits per heavy atom. The zero-order chi connectivity index (χ0) is 13.5. The van der Waals surface area contributed by atoms with Gasteiger partial charge in [0.2, 0.25) is 0 Å². The first-order chi connectivity index (χ1) is 8.58. The maximum absolute atomic E-state index is 12.9.